The predicted octanol–water partition coefficient (Wildman–Crippen LogP) is 2.09. The summed E-state index contributed by atoms with van der Waals surface area (Å²) in [6, 6.07) is 16.0. The SMILES string of the molecule is NC1[C@H]2CN(CCO/N=C3/C(=C4/C(=O)Nc5ccccc54)Nc4ccccc43)C[C@@H]12. The van der Waals surface area contributed by atoms with Gasteiger partial charge < -0.3 is 21.2 Å². The Bertz CT molecular complexity index is 1100. The summed E-state index contributed by atoms with van der Waals surface area (Å²) in [4.78, 5) is 20.9. The lowest BCUT2D eigenvalue weighted by atomic mass is 10.0. The minimum atomic E-state index is -0.133. The zero-order valence-corrected chi connectivity index (χ0v) is 16.5. The smallest absolute Gasteiger partial charge is 0.258 e. The third kappa shape index (κ3) is 2.74. The van der Waals surface area contributed by atoms with Crippen LogP contribution in [0.2, 0.25) is 0 Å². The average molecular weight is 401 g/mol. The van der Waals surface area contributed by atoms with E-state index in [0.29, 0.717) is 41.5 Å². The van der Waals surface area contributed by atoms with E-state index in [0.717, 1.165) is 42.1 Å². The molecular weight excluding hydrogens is 378 g/mol. The number of likely N-dealkylation sites (tertiary alicyclic amines) is 1. The first-order valence-electron chi connectivity index (χ1n) is 10.4. The van der Waals surface area contributed by atoms with Gasteiger partial charge in [0, 0.05) is 48.2 Å². The number of hydrogen-bond donors (Lipinski definition) is 3. The summed E-state index contributed by atoms with van der Waals surface area (Å²) in [5.74, 6) is 1.20. The Morgan fingerprint density at radius 3 is 2.43 bits per heavy atom. The molecular formula is C23H23N5O2. The largest absolute Gasteiger partial charge is 0.394 e. The van der Waals surface area contributed by atoms with Crippen molar-refractivity contribution in [3.05, 3.63) is 65.4 Å². The lowest BCUT2D eigenvalue weighted by Gasteiger charge is -2.17. The van der Waals surface area contributed by atoms with Crippen molar-refractivity contribution in [3.63, 3.8) is 0 Å². The highest BCUT2D eigenvalue weighted by atomic mass is 16.6. The Kier molecular flexibility index (Phi) is 3.94. The number of nitrogens with one attached hydrogen (secondary N) is 2. The molecule has 3 aliphatic heterocycles. The first-order valence-corrected chi connectivity index (χ1v) is 10.4. The second-order valence-electron chi connectivity index (χ2n) is 8.36. The number of para-hydroxylation sites is 2. The number of nitrogens with two attached hydrogens (primary N) is 1. The van der Waals surface area contributed by atoms with Gasteiger partial charge in [0.25, 0.3) is 5.91 Å². The van der Waals surface area contributed by atoms with Crippen LogP contribution in [0.4, 0.5) is 11.4 Å². The van der Waals surface area contributed by atoms with E-state index in [1.54, 1.807) is 0 Å². The van der Waals surface area contributed by atoms with Crippen molar-refractivity contribution >= 4 is 28.6 Å². The van der Waals surface area contributed by atoms with Crippen molar-refractivity contribution in [1.29, 1.82) is 0 Å². The van der Waals surface area contributed by atoms with Crippen LogP contribution >= 0.6 is 0 Å². The molecule has 1 amide bonds. The molecule has 2 aromatic rings. The summed E-state index contributed by atoms with van der Waals surface area (Å²) < 4.78 is 0. The third-order valence-corrected chi connectivity index (χ3v) is 6.59. The number of allylic oxidation sites excluding steroid dienone is 1. The van der Waals surface area contributed by atoms with E-state index in [9.17, 15) is 4.79 Å². The second kappa shape index (κ2) is 6.68. The summed E-state index contributed by atoms with van der Waals surface area (Å²) in [5.41, 5.74) is 11.5. The molecule has 1 aliphatic carbocycles. The summed E-state index contributed by atoms with van der Waals surface area (Å²) in [7, 11) is 0. The molecule has 2 fully saturated rings. The molecule has 4 aliphatic rings. The molecule has 2 aromatic carbocycles. The van der Waals surface area contributed by atoms with Gasteiger partial charge in [-0.2, -0.15) is 0 Å². The molecule has 7 nitrogen and oxygen atoms in total. The number of nitrogens with zero attached hydrogens (tertiary/aromatic N) is 2. The standard InChI is InChI=1S/C23H23N5O2/c24-20-15-11-28(12-16(15)20)9-10-30-27-21-14-6-2-4-8-18(14)25-22(21)19-13-5-1-3-7-17(13)26-23(19)29/h1-8,15-16,20,25H,9-12,24H2,(H,26,29)/b22-19-,27-21+/t15-,16+,20?. The minimum absolute atomic E-state index is 0.133. The second-order valence-corrected chi connectivity index (χ2v) is 8.36. The number of amides is 1. The van der Waals surface area contributed by atoms with E-state index >= 15 is 0 Å². The highest BCUT2D eigenvalue weighted by Gasteiger charge is 2.53. The number of benzene rings is 2. The fraction of sp³-hybridized carbons (Fsp3) is 0.304. The van der Waals surface area contributed by atoms with Crippen molar-refractivity contribution in [2.75, 3.05) is 36.9 Å². The molecule has 6 rings (SSSR count). The highest BCUT2D eigenvalue weighted by Crippen LogP contribution is 2.43. The molecule has 1 saturated heterocycles. The fourth-order valence-electron chi connectivity index (χ4n) is 4.89. The van der Waals surface area contributed by atoms with Crippen LogP contribution in [0.5, 0.6) is 0 Å². The quantitative estimate of drug-likeness (QED) is 0.415. The van der Waals surface area contributed by atoms with Crippen LogP contribution in [-0.4, -0.2) is 48.8 Å². The minimum Gasteiger partial charge on any atom is -0.394 e. The van der Waals surface area contributed by atoms with Gasteiger partial charge in [-0.1, -0.05) is 41.6 Å². The van der Waals surface area contributed by atoms with Crippen molar-refractivity contribution in [3.8, 4) is 0 Å². The molecule has 0 spiro atoms. The zero-order valence-electron chi connectivity index (χ0n) is 16.5. The van der Waals surface area contributed by atoms with Crippen LogP contribution < -0.4 is 16.4 Å². The number of hydrogen-bond acceptors (Lipinski definition) is 6. The van der Waals surface area contributed by atoms with Gasteiger partial charge in [0.15, 0.2) is 0 Å². The summed E-state index contributed by atoms with van der Waals surface area (Å²) in [5, 5.41) is 10.8. The normalized spacial score (nSPS) is 30.0. The maximum Gasteiger partial charge on any atom is 0.258 e. The number of rotatable bonds is 4. The summed E-state index contributed by atoms with van der Waals surface area (Å²) in [6.45, 7) is 3.46. The Hall–Kier alpha value is -3.16. The summed E-state index contributed by atoms with van der Waals surface area (Å²) >= 11 is 0. The third-order valence-electron chi connectivity index (χ3n) is 6.59. The van der Waals surface area contributed by atoms with E-state index in [1.807, 2.05) is 48.5 Å². The van der Waals surface area contributed by atoms with E-state index in [-0.39, 0.29) is 5.91 Å². The topological polar surface area (TPSA) is 92.0 Å². The summed E-state index contributed by atoms with van der Waals surface area (Å²) in [6.07, 6.45) is 0. The fourth-order valence-corrected chi connectivity index (χ4v) is 4.89. The van der Waals surface area contributed by atoms with Crippen molar-refractivity contribution in [2.45, 2.75) is 6.04 Å². The molecule has 0 bridgehead atoms. The predicted molar refractivity (Wildman–Crippen MR) is 116 cm³/mol. The molecule has 3 heterocycles. The molecule has 7 heteroatoms. The number of anilines is 2. The Morgan fingerprint density at radius 1 is 1.00 bits per heavy atom. The number of oxime groups is 1. The Morgan fingerprint density at radius 2 is 1.67 bits per heavy atom. The number of carbonyl (C=O) groups excluding carboxylic acids is 1. The maximum atomic E-state index is 12.8. The Labute approximate surface area is 174 Å². The van der Waals surface area contributed by atoms with Gasteiger partial charge in [0.05, 0.1) is 11.3 Å². The van der Waals surface area contributed by atoms with Gasteiger partial charge in [-0.3, -0.25) is 9.69 Å². The molecule has 0 aromatic heterocycles. The molecule has 152 valence electrons. The van der Waals surface area contributed by atoms with Crippen LogP contribution in [0.1, 0.15) is 11.1 Å². The van der Waals surface area contributed by atoms with Gasteiger partial charge >= 0.3 is 0 Å². The van der Waals surface area contributed by atoms with E-state index in [2.05, 4.69) is 20.7 Å². The van der Waals surface area contributed by atoms with Gasteiger partial charge in [-0.15, -0.1) is 0 Å². The first kappa shape index (κ1) is 17.7. The number of carbonyl (C=O) groups is 1. The lowest BCUT2D eigenvalue weighted by molar-refractivity contribution is -0.110. The molecule has 1 saturated carbocycles. The highest BCUT2D eigenvalue weighted by molar-refractivity contribution is 6.39. The van der Waals surface area contributed by atoms with Crippen LogP contribution in [0, 0.1) is 11.8 Å². The van der Waals surface area contributed by atoms with Crippen molar-refractivity contribution in [1.82, 2.24) is 4.90 Å². The Balaban J connectivity index is 1.27. The lowest BCUT2D eigenvalue weighted by Crippen LogP contribution is -2.30. The number of fused-ring (bicyclic) bond motifs is 3. The molecule has 0 radical (unpaired) electrons. The van der Waals surface area contributed by atoms with Crippen molar-refractivity contribution in [2.24, 2.45) is 22.7 Å². The van der Waals surface area contributed by atoms with E-state index in [4.69, 9.17) is 10.6 Å². The maximum absolute atomic E-state index is 12.8. The van der Waals surface area contributed by atoms with Crippen LogP contribution in [0.3, 0.4) is 0 Å². The van der Waals surface area contributed by atoms with Crippen LogP contribution in [0.15, 0.2) is 59.4 Å². The average Bonchev–Trinajstić information content (AvgIpc) is 3.16. The van der Waals surface area contributed by atoms with Crippen molar-refractivity contribution < 1.29 is 9.63 Å². The van der Waals surface area contributed by atoms with E-state index < -0.39 is 0 Å². The van der Waals surface area contributed by atoms with Crippen LogP contribution in [0.25, 0.3) is 5.57 Å². The number of piperidine rings is 1. The van der Waals surface area contributed by atoms with Gasteiger partial charge in [0.2, 0.25) is 0 Å². The molecule has 4 N–H and O–H groups in total. The molecule has 30 heavy (non-hydrogen) atoms. The molecule has 3 atom stereocenters. The molecule has 1 unspecified atom stereocenters. The van der Waals surface area contributed by atoms with E-state index in [1.165, 1.54) is 0 Å². The monoisotopic (exact) mass is 401 g/mol. The van der Waals surface area contributed by atoms with Gasteiger partial charge in [-0.25, -0.2) is 0 Å². The van der Waals surface area contributed by atoms with Gasteiger partial charge in [0.1, 0.15) is 12.3 Å². The zero-order chi connectivity index (χ0) is 20.2. The van der Waals surface area contributed by atoms with Gasteiger partial charge in [-0.05, 0) is 24.0 Å². The van der Waals surface area contributed by atoms with Crippen LogP contribution in [-0.2, 0) is 9.63 Å². The first-order chi connectivity index (χ1) is 14.7.